The van der Waals surface area contributed by atoms with Gasteiger partial charge in [0.15, 0.2) is 0 Å². The van der Waals surface area contributed by atoms with Crippen LogP contribution < -0.4 is 4.74 Å². The summed E-state index contributed by atoms with van der Waals surface area (Å²) in [5, 5.41) is -0.926. The van der Waals surface area contributed by atoms with Gasteiger partial charge in [-0.15, -0.1) is 0 Å². The van der Waals surface area contributed by atoms with Crippen molar-refractivity contribution in [3.05, 3.63) is 29.3 Å². The van der Waals surface area contributed by atoms with Crippen LogP contribution in [-0.4, -0.2) is 24.8 Å². The highest BCUT2D eigenvalue weighted by atomic mass is 32.2. The Morgan fingerprint density at radius 3 is 2.12 bits per heavy atom. The zero-order valence-corrected chi connectivity index (χ0v) is 16.1. The molecule has 0 saturated carbocycles. The maximum Gasteiger partial charge on any atom is 0.270 e. The molecule has 1 aromatic carbocycles. The Hall–Kier alpha value is -1.07. The van der Waals surface area contributed by atoms with E-state index in [-0.39, 0.29) is 6.61 Å². The van der Waals surface area contributed by atoms with E-state index in [1.54, 1.807) is 0 Å². The molecule has 0 aromatic heterocycles. The average molecular weight is 357 g/mol. The van der Waals surface area contributed by atoms with E-state index >= 15 is 0 Å². The van der Waals surface area contributed by atoms with Crippen LogP contribution in [0.4, 0.5) is 0 Å². The molecule has 0 saturated heterocycles. The Kier molecular flexibility index (Phi) is 9.37. The van der Waals surface area contributed by atoms with Gasteiger partial charge < -0.3 is 4.74 Å². The van der Waals surface area contributed by atoms with Gasteiger partial charge in [-0.05, 0) is 55.9 Å². The van der Waals surface area contributed by atoms with Crippen molar-refractivity contribution in [2.24, 2.45) is 0 Å². The fourth-order valence-electron chi connectivity index (χ4n) is 2.60. The first-order chi connectivity index (χ1) is 11.4. The summed E-state index contributed by atoms with van der Waals surface area (Å²) in [4.78, 5) is 0. The molecule has 0 aliphatic carbocycles. The van der Waals surface area contributed by atoms with Gasteiger partial charge in [0.2, 0.25) is 0 Å². The molecule has 0 bridgehead atoms. The minimum Gasteiger partial charge on any atom is -0.492 e. The molecule has 1 rings (SSSR count). The third-order valence-corrected chi connectivity index (χ3v) is 5.42. The van der Waals surface area contributed by atoms with Crippen LogP contribution >= 0.6 is 0 Å². The number of ether oxygens (including phenoxy) is 1. The molecule has 0 aliphatic heterocycles. The van der Waals surface area contributed by atoms with Crippen molar-refractivity contribution < 1.29 is 17.7 Å². The van der Waals surface area contributed by atoms with Gasteiger partial charge in [0.05, 0.1) is 0 Å². The molecule has 0 spiro atoms. The summed E-state index contributed by atoms with van der Waals surface area (Å²) >= 11 is 0. The lowest BCUT2D eigenvalue weighted by atomic mass is 9.97. The van der Waals surface area contributed by atoms with E-state index < -0.39 is 15.4 Å². The third-order valence-electron chi connectivity index (χ3n) is 4.27. The summed E-state index contributed by atoms with van der Waals surface area (Å²) in [6.07, 6.45) is 9.29. The zero-order chi connectivity index (χ0) is 18.0. The largest absolute Gasteiger partial charge is 0.492 e. The van der Waals surface area contributed by atoms with Crippen molar-refractivity contribution in [1.82, 2.24) is 0 Å². The lowest BCUT2D eigenvalue weighted by molar-refractivity contribution is 0.310. The Balaban J connectivity index is 2.77. The number of unbranched alkanes of at least 4 members (excludes halogenated alkanes) is 4. The maximum atomic E-state index is 11.1. The fraction of sp³-hybridized carbons (Fsp3) is 0.684. The summed E-state index contributed by atoms with van der Waals surface area (Å²) < 4.78 is 36.7. The molecule has 1 N–H and O–H groups in total. The van der Waals surface area contributed by atoms with Crippen molar-refractivity contribution in [2.75, 3.05) is 6.61 Å². The van der Waals surface area contributed by atoms with Crippen molar-refractivity contribution >= 4 is 10.1 Å². The molecule has 0 amide bonds. The topological polar surface area (TPSA) is 63.6 Å². The number of benzene rings is 1. The lowest BCUT2D eigenvalue weighted by Gasteiger charge is -2.14. The van der Waals surface area contributed by atoms with E-state index in [1.165, 1.54) is 50.2 Å². The van der Waals surface area contributed by atoms with Gasteiger partial charge >= 0.3 is 0 Å². The van der Waals surface area contributed by atoms with Gasteiger partial charge in [-0.3, -0.25) is 4.55 Å². The van der Waals surface area contributed by atoms with Gasteiger partial charge in [0.25, 0.3) is 10.1 Å². The normalized spacial score (nSPS) is 13.0. The van der Waals surface area contributed by atoms with Gasteiger partial charge in [0.1, 0.15) is 17.6 Å². The minimum absolute atomic E-state index is 0.0393. The van der Waals surface area contributed by atoms with Crippen LogP contribution in [-0.2, 0) is 23.0 Å². The monoisotopic (exact) mass is 356 g/mol. The summed E-state index contributed by atoms with van der Waals surface area (Å²) in [5.74, 6) is 0.677. The molecule has 24 heavy (non-hydrogen) atoms. The van der Waals surface area contributed by atoms with Crippen LogP contribution in [0.1, 0.15) is 70.4 Å². The highest BCUT2D eigenvalue weighted by Gasteiger charge is 2.18. The lowest BCUT2D eigenvalue weighted by Crippen LogP contribution is -2.24. The molecule has 0 radical (unpaired) electrons. The van der Waals surface area contributed by atoms with Crippen LogP contribution in [0.25, 0.3) is 0 Å². The molecule has 1 aromatic rings. The van der Waals surface area contributed by atoms with Gasteiger partial charge in [0, 0.05) is 0 Å². The summed E-state index contributed by atoms with van der Waals surface area (Å²) in [6, 6.07) is 6.04. The SMILES string of the molecule is CCCCCc1ccc(OCC(C)S(=O)(=O)O)cc1CCCCC. The Bertz CT molecular complexity index is 581. The molecule has 1 unspecified atom stereocenters. The predicted octanol–water partition coefficient (Wildman–Crippen LogP) is 4.81. The second-order valence-corrected chi connectivity index (χ2v) is 8.32. The van der Waals surface area contributed by atoms with Crippen LogP contribution in [0, 0.1) is 0 Å². The fourth-order valence-corrected chi connectivity index (χ4v) is 2.84. The molecular weight excluding hydrogens is 324 g/mol. The van der Waals surface area contributed by atoms with E-state index in [0.717, 1.165) is 19.3 Å². The van der Waals surface area contributed by atoms with Gasteiger partial charge in [-0.25, -0.2) is 0 Å². The van der Waals surface area contributed by atoms with E-state index in [2.05, 4.69) is 19.9 Å². The number of hydrogen-bond acceptors (Lipinski definition) is 3. The summed E-state index contributed by atoms with van der Waals surface area (Å²) in [7, 11) is -4.05. The predicted molar refractivity (Wildman–Crippen MR) is 99.4 cm³/mol. The average Bonchev–Trinajstić information content (AvgIpc) is 2.53. The van der Waals surface area contributed by atoms with Crippen molar-refractivity contribution in [1.29, 1.82) is 0 Å². The first kappa shape index (κ1) is 21.0. The Labute approximate surface area is 147 Å². The van der Waals surface area contributed by atoms with Crippen molar-refractivity contribution in [3.63, 3.8) is 0 Å². The molecule has 0 aliphatic rings. The second-order valence-electron chi connectivity index (χ2n) is 6.48. The second kappa shape index (κ2) is 10.7. The van der Waals surface area contributed by atoms with E-state index in [1.807, 2.05) is 12.1 Å². The molecule has 0 fully saturated rings. The Morgan fingerprint density at radius 2 is 1.58 bits per heavy atom. The van der Waals surface area contributed by atoms with E-state index in [4.69, 9.17) is 9.29 Å². The first-order valence-corrected chi connectivity index (χ1v) is 10.6. The summed E-state index contributed by atoms with van der Waals surface area (Å²) in [5.41, 5.74) is 2.67. The summed E-state index contributed by atoms with van der Waals surface area (Å²) in [6.45, 7) is 5.80. The van der Waals surface area contributed by atoms with Gasteiger partial charge in [-0.2, -0.15) is 8.42 Å². The molecule has 138 valence electrons. The number of rotatable bonds is 12. The van der Waals surface area contributed by atoms with Crippen molar-refractivity contribution in [2.45, 2.75) is 77.4 Å². The van der Waals surface area contributed by atoms with E-state index in [0.29, 0.717) is 5.75 Å². The smallest absolute Gasteiger partial charge is 0.270 e. The van der Waals surface area contributed by atoms with Crippen LogP contribution in [0.5, 0.6) is 5.75 Å². The molecular formula is C19H32O4S. The highest BCUT2D eigenvalue weighted by Crippen LogP contribution is 2.22. The van der Waals surface area contributed by atoms with Crippen LogP contribution in [0.3, 0.4) is 0 Å². The zero-order valence-electron chi connectivity index (χ0n) is 15.3. The molecule has 0 heterocycles. The van der Waals surface area contributed by atoms with Gasteiger partial charge in [-0.1, -0.05) is 45.6 Å². The molecule has 5 heteroatoms. The minimum atomic E-state index is -4.05. The van der Waals surface area contributed by atoms with Crippen molar-refractivity contribution in [3.8, 4) is 5.75 Å². The first-order valence-electron chi connectivity index (χ1n) is 9.09. The van der Waals surface area contributed by atoms with Crippen LogP contribution in [0.2, 0.25) is 0 Å². The quantitative estimate of drug-likeness (QED) is 0.431. The molecule has 4 nitrogen and oxygen atoms in total. The third kappa shape index (κ3) is 7.67. The van der Waals surface area contributed by atoms with E-state index in [9.17, 15) is 8.42 Å². The number of aryl methyl sites for hydroxylation is 2. The standard InChI is InChI=1S/C19H32O4S/c1-4-6-8-10-17-12-13-19(14-18(17)11-9-7-5-2)23-15-16(3)24(20,21)22/h12-14,16H,4-11,15H2,1-3H3,(H,20,21,22). The maximum absolute atomic E-state index is 11.1. The molecule has 1 atom stereocenters. The number of hydrogen-bond donors (Lipinski definition) is 1. The highest BCUT2D eigenvalue weighted by molar-refractivity contribution is 7.86. The Morgan fingerprint density at radius 1 is 1.00 bits per heavy atom. The van der Waals surface area contributed by atoms with Crippen LogP contribution in [0.15, 0.2) is 18.2 Å².